The van der Waals surface area contributed by atoms with Crippen LogP contribution in [0, 0.1) is 11.8 Å². The van der Waals surface area contributed by atoms with Gasteiger partial charge < -0.3 is 41.4 Å². The number of nitrogens with one attached hydrogen (secondary N) is 4. The number of nitrogens with zero attached hydrogens (tertiary/aromatic N) is 1. The molecule has 1 aliphatic heterocycles. The summed E-state index contributed by atoms with van der Waals surface area (Å²) in [6.45, 7) is 7.46. The predicted octanol–water partition coefficient (Wildman–Crippen LogP) is 2.63. The van der Waals surface area contributed by atoms with Crippen LogP contribution in [0.25, 0.3) is 0 Å². The average Bonchev–Trinajstić information content (AvgIpc) is 3.60. The van der Waals surface area contributed by atoms with Crippen molar-refractivity contribution in [2.24, 2.45) is 17.6 Å². The Bertz CT molecular complexity index is 1420. The number of ketones is 1. The molecule has 0 aromatic heterocycles. The Labute approximate surface area is 318 Å². The number of nitrogens with two attached hydrogens (primary N) is 1. The largest absolute Gasteiger partial charge is 0.449 e. The van der Waals surface area contributed by atoms with Gasteiger partial charge in [-0.1, -0.05) is 96.6 Å². The lowest BCUT2D eigenvalue weighted by molar-refractivity contribution is -0.143. The molecule has 2 fully saturated rings. The molecule has 0 spiro atoms. The quantitative estimate of drug-likeness (QED) is 0.116. The highest BCUT2D eigenvalue weighted by Crippen LogP contribution is 2.30. The van der Waals surface area contributed by atoms with Crippen LogP contribution >= 0.6 is 0 Å². The number of unbranched alkanes of at least 4 members (excludes halogenated alkanes) is 1. The highest BCUT2D eigenvalue weighted by Gasteiger charge is 2.45. The number of Topliss-reactive ketones (excluding diaryl/α,β-unsaturated/α-hetero) is 1. The summed E-state index contributed by atoms with van der Waals surface area (Å²) >= 11 is 0. The lowest BCUT2D eigenvalue weighted by atomic mass is 9.83. The van der Waals surface area contributed by atoms with E-state index in [1.165, 1.54) is 4.90 Å². The number of alkyl carbamates (subject to hydrolysis) is 1. The second kappa shape index (κ2) is 22.6. The highest BCUT2D eigenvalue weighted by molar-refractivity contribution is 6.38. The first kappa shape index (κ1) is 43.9. The van der Waals surface area contributed by atoms with Crippen LogP contribution in [0.4, 0.5) is 4.79 Å². The first-order valence-electron chi connectivity index (χ1n) is 19.4. The zero-order valence-corrected chi connectivity index (χ0v) is 32.2. The van der Waals surface area contributed by atoms with Gasteiger partial charge in [-0.15, -0.1) is 0 Å². The average molecular weight is 757 g/mol. The standard InChI is InChI=1S/C39H60N6O9/c1-5-7-19-30(35(40)48)42-32(46)21-41-37(50)34(47)29(14-6-2)43-36(49)31-20-28(53-24-26-15-10-8-11-16-26)22-45(31)38(51)33(27-17-12-9-13-18-27)44-39(52)54-23-25(3)4/h8,10-11,15-16,25,27-31,33H,5-7,9,12-14,17-24H2,1-4H3,(H2,40,48)(H,41,50)(H,42,46)(H,43,49)(H,44,52)/t28-,29?,30?,31+,33?/m1/s1. The number of carbonyl (C=O) groups is 7. The number of ether oxygens (including phenoxy) is 2. The molecule has 15 heteroatoms. The molecule has 6 amide bonds. The molecule has 54 heavy (non-hydrogen) atoms. The Balaban J connectivity index is 1.78. The first-order valence-corrected chi connectivity index (χ1v) is 19.4. The van der Waals surface area contributed by atoms with Crippen molar-refractivity contribution in [3.05, 3.63) is 35.9 Å². The normalized spacial score (nSPS) is 18.9. The molecule has 0 bridgehead atoms. The Morgan fingerprint density at radius 1 is 0.889 bits per heavy atom. The van der Waals surface area contributed by atoms with E-state index in [9.17, 15) is 33.6 Å². The van der Waals surface area contributed by atoms with Crippen LogP contribution in [-0.2, 0) is 44.8 Å². The van der Waals surface area contributed by atoms with Crippen LogP contribution in [0.2, 0.25) is 0 Å². The summed E-state index contributed by atoms with van der Waals surface area (Å²) in [6, 6.07) is 5.33. The van der Waals surface area contributed by atoms with Gasteiger partial charge in [-0.25, -0.2) is 4.79 Å². The molecule has 2 aliphatic rings. The van der Waals surface area contributed by atoms with Crippen molar-refractivity contribution in [3.8, 4) is 0 Å². The molecular formula is C39H60N6O9. The molecule has 1 aromatic carbocycles. The highest BCUT2D eigenvalue weighted by atomic mass is 16.5. The lowest BCUT2D eigenvalue weighted by Gasteiger charge is -2.34. The maximum Gasteiger partial charge on any atom is 0.407 e. The Morgan fingerprint density at radius 3 is 2.22 bits per heavy atom. The minimum Gasteiger partial charge on any atom is -0.449 e. The van der Waals surface area contributed by atoms with Crippen LogP contribution in [0.3, 0.4) is 0 Å². The van der Waals surface area contributed by atoms with Crippen LogP contribution in [0.1, 0.15) is 104 Å². The number of amides is 6. The van der Waals surface area contributed by atoms with E-state index in [4.69, 9.17) is 15.2 Å². The van der Waals surface area contributed by atoms with Crippen LogP contribution in [0.15, 0.2) is 30.3 Å². The molecule has 1 aromatic rings. The number of rotatable bonds is 21. The van der Waals surface area contributed by atoms with E-state index in [0.29, 0.717) is 19.3 Å². The third-order valence-corrected chi connectivity index (χ3v) is 9.75. The monoisotopic (exact) mass is 756 g/mol. The summed E-state index contributed by atoms with van der Waals surface area (Å²) in [5.74, 6) is -4.59. The number of primary amides is 1. The van der Waals surface area contributed by atoms with E-state index in [1.54, 1.807) is 6.92 Å². The van der Waals surface area contributed by atoms with Crippen LogP contribution in [-0.4, -0.2) is 96.3 Å². The third kappa shape index (κ3) is 14.0. The maximum absolute atomic E-state index is 14.5. The summed E-state index contributed by atoms with van der Waals surface area (Å²) in [7, 11) is 0. The predicted molar refractivity (Wildman–Crippen MR) is 200 cm³/mol. The molecule has 1 saturated carbocycles. The minimum atomic E-state index is -1.24. The fourth-order valence-corrected chi connectivity index (χ4v) is 6.81. The van der Waals surface area contributed by atoms with Gasteiger partial charge in [0.2, 0.25) is 29.4 Å². The third-order valence-electron chi connectivity index (χ3n) is 9.75. The summed E-state index contributed by atoms with van der Waals surface area (Å²) in [5, 5.41) is 10.3. The number of likely N-dealkylation sites (tertiary alicyclic amines) is 1. The summed E-state index contributed by atoms with van der Waals surface area (Å²) < 4.78 is 11.6. The molecule has 6 N–H and O–H groups in total. The maximum atomic E-state index is 14.5. The molecule has 1 heterocycles. The molecule has 1 saturated heterocycles. The smallest absolute Gasteiger partial charge is 0.407 e. The van der Waals surface area contributed by atoms with Crippen molar-refractivity contribution in [2.45, 2.75) is 135 Å². The van der Waals surface area contributed by atoms with Gasteiger partial charge in [0.15, 0.2) is 0 Å². The number of hydrogen-bond acceptors (Lipinski definition) is 9. The van der Waals surface area contributed by atoms with Crippen LogP contribution in [0.5, 0.6) is 0 Å². The number of carbonyl (C=O) groups excluding carboxylic acids is 7. The Hall–Kier alpha value is -4.53. The minimum absolute atomic E-state index is 0.0717. The van der Waals surface area contributed by atoms with Crippen molar-refractivity contribution >= 4 is 41.4 Å². The van der Waals surface area contributed by atoms with Gasteiger partial charge in [-0.3, -0.25) is 28.8 Å². The van der Waals surface area contributed by atoms with Gasteiger partial charge in [0.05, 0.1) is 31.9 Å². The second-order valence-corrected chi connectivity index (χ2v) is 14.7. The Kier molecular flexibility index (Phi) is 18.4. The van der Waals surface area contributed by atoms with E-state index in [-0.39, 0.29) is 44.4 Å². The first-order chi connectivity index (χ1) is 25.8. The number of hydrogen-bond donors (Lipinski definition) is 5. The van der Waals surface area contributed by atoms with Gasteiger partial charge in [-0.2, -0.15) is 0 Å². The van der Waals surface area contributed by atoms with E-state index < -0.39 is 78.2 Å². The van der Waals surface area contributed by atoms with Crippen molar-refractivity contribution in [1.82, 2.24) is 26.2 Å². The van der Waals surface area contributed by atoms with Crippen LogP contribution < -0.4 is 27.0 Å². The summed E-state index contributed by atoms with van der Waals surface area (Å²) in [5.41, 5.74) is 6.30. The molecule has 0 radical (unpaired) electrons. The molecule has 15 nitrogen and oxygen atoms in total. The van der Waals surface area contributed by atoms with Crippen molar-refractivity contribution in [2.75, 3.05) is 19.7 Å². The Morgan fingerprint density at radius 2 is 1.59 bits per heavy atom. The topological polar surface area (TPSA) is 215 Å². The number of benzene rings is 1. The van der Waals surface area contributed by atoms with Gasteiger partial charge in [0.25, 0.3) is 5.91 Å². The van der Waals surface area contributed by atoms with Crippen molar-refractivity contribution < 1.29 is 43.0 Å². The molecule has 3 unspecified atom stereocenters. The van der Waals surface area contributed by atoms with Crippen molar-refractivity contribution in [1.29, 1.82) is 0 Å². The van der Waals surface area contributed by atoms with Crippen molar-refractivity contribution in [3.63, 3.8) is 0 Å². The van der Waals surface area contributed by atoms with E-state index in [2.05, 4.69) is 21.3 Å². The lowest BCUT2D eigenvalue weighted by Crippen LogP contribution is -2.58. The van der Waals surface area contributed by atoms with E-state index >= 15 is 0 Å². The molecule has 3 rings (SSSR count). The van der Waals surface area contributed by atoms with E-state index in [0.717, 1.165) is 44.1 Å². The van der Waals surface area contributed by atoms with E-state index in [1.807, 2.05) is 51.1 Å². The van der Waals surface area contributed by atoms with Gasteiger partial charge in [0.1, 0.15) is 18.1 Å². The van der Waals surface area contributed by atoms with Gasteiger partial charge in [-0.05, 0) is 43.1 Å². The summed E-state index contributed by atoms with van der Waals surface area (Å²) in [6.07, 6.45) is 5.50. The van der Waals surface area contributed by atoms with Gasteiger partial charge in [0, 0.05) is 13.0 Å². The fourth-order valence-electron chi connectivity index (χ4n) is 6.81. The zero-order valence-electron chi connectivity index (χ0n) is 32.2. The fraction of sp³-hybridized carbons (Fsp3) is 0.667. The summed E-state index contributed by atoms with van der Waals surface area (Å²) in [4.78, 5) is 93.3. The SMILES string of the molecule is CCCCC(NC(=O)CNC(=O)C(=O)C(CCC)NC(=O)[C@@H]1C[C@@H](OCc2ccccc2)CN1C(=O)C(NC(=O)OCC(C)C)C1CCCCC1)C(N)=O. The van der Waals surface area contributed by atoms with Gasteiger partial charge >= 0.3 is 6.09 Å². The molecule has 5 atom stereocenters. The molecule has 1 aliphatic carbocycles. The molecule has 300 valence electrons. The zero-order chi connectivity index (χ0) is 39.6. The molecular weight excluding hydrogens is 696 g/mol. The second-order valence-electron chi connectivity index (χ2n) is 14.7.